The molecule has 0 fully saturated rings. The van der Waals surface area contributed by atoms with Crippen LogP contribution in [0.5, 0.6) is 11.5 Å². The highest BCUT2D eigenvalue weighted by atomic mass is 79.9. The van der Waals surface area contributed by atoms with Gasteiger partial charge in [0.15, 0.2) is 0 Å². The minimum atomic E-state index is -0.389. The Kier molecular flexibility index (Phi) is 5.01. The van der Waals surface area contributed by atoms with E-state index >= 15 is 0 Å². The van der Waals surface area contributed by atoms with Gasteiger partial charge in [0.1, 0.15) is 22.3 Å². The van der Waals surface area contributed by atoms with Crippen LogP contribution in [-0.2, 0) is 0 Å². The molecule has 0 spiro atoms. The Morgan fingerprint density at radius 2 is 2.10 bits per heavy atom. The number of hydrogen-bond acceptors (Lipinski definition) is 3. The molecule has 0 atom stereocenters. The monoisotopic (exact) mass is 371 g/mol. The van der Waals surface area contributed by atoms with E-state index in [1.807, 2.05) is 18.4 Å². The first-order valence-electron chi connectivity index (χ1n) is 5.62. The number of thioether (sulfide) groups is 1. The number of rotatable bonds is 4. The maximum atomic E-state index is 13.5. The van der Waals surface area contributed by atoms with Crippen LogP contribution in [0.15, 0.2) is 45.8 Å². The molecule has 104 valence electrons. The van der Waals surface area contributed by atoms with Gasteiger partial charge in [-0.05, 0) is 46.5 Å². The van der Waals surface area contributed by atoms with Crippen molar-refractivity contribution in [1.29, 1.82) is 0 Å². The first-order chi connectivity index (χ1) is 9.52. The van der Waals surface area contributed by atoms with E-state index in [4.69, 9.17) is 22.7 Å². The second-order valence-electron chi connectivity index (χ2n) is 3.88. The van der Waals surface area contributed by atoms with E-state index in [0.29, 0.717) is 21.5 Å². The van der Waals surface area contributed by atoms with Crippen LogP contribution in [0, 0.1) is 5.82 Å². The molecule has 0 heterocycles. The summed E-state index contributed by atoms with van der Waals surface area (Å²) >= 11 is 9.69. The molecule has 0 unspecified atom stereocenters. The predicted octanol–water partition coefficient (Wildman–Crippen LogP) is 4.74. The smallest absolute Gasteiger partial charge is 0.141 e. The van der Waals surface area contributed by atoms with Gasteiger partial charge in [-0.25, -0.2) is 4.39 Å². The van der Waals surface area contributed by atoms with Crippen molar-refractivity contribution in [2.75, 3.05) is 6.26 Å². The van der Waals surface area contributed by atoms with Crippen molar-refractivity contribution in [3.63, 3.8) is 0 Å². The van der Waals surface area contributed by atoms with Crippen molar-refractivity contribution in [2.45, 2.75) is 4.90 Å². The predicted molar refractivity (Wildman–Crippen MR) is 88.3 cm³/mol. The van der Waals surface area contributed by atoms with Gasteiger partial charge in [-0.1, -0.05) is 18.3 Å². The Labute approximate surface area is 134 Å². The van der Waals surface area contributed by atoms with Crippen LogP contribution < -0.4 is 10.5 Å². The average molecular weight is 372 g/mol. The molecule has 20 heavy (non-hydrogen) atoms. The van der Waals surface area contributed by atoms with Gasteiger partial charge >= 0.3 is 0 Å². The lowest BCUT2D eigenvalue weighted by Crippen LogP contribution is -2.12. The first kappa shape index (κ1) is 15.3. The third kappa shape index (κ3) is 3.31. The lowest BCUT2D eigenvalue weighted by Gasteiger charge is -2.13. The molecule has 0 saturated heterocycles. The lowest BCUT2D eigenvalue weighted by atomic mass is 10.2. The third-order valence-corrected chi connectivity index (χ3v) is 4.20. The minimum absolute atomic E-state index is 0.252. The zero-order chi connectivity index (χ0) is 14.7. The maximum Gasteiger partial charge on any atom is 0.141 e. The van der Waals surface area contributed by atoms with Crippen molar-refractivity contribution in [2.24, 2.45) is 5.73 Å². The summed E-state index contributed by atoms with van der Waals surface area (Å²) in [6.45, 7) is 0. The summed E-state index contributed by atoms with van der Waals surface area (Å²) in [6.07, 6.45) is 1.93. The molecule has 0 aliphatic heterocycles. The molecule has 0 aliphatic carbocycles. The molecule has 2 rings (SSSR count). The van der Waals surface area contributed by atoms with E-state index in [2.05, 4.69) is 15.9 Å². The number of ether oxygens (including phenoxy) is 1. The fourth-order valence-electron chi connectivity index (χ4n) is 1.68. The van der Waals surface area contributed by atoms with Crippen LogP contribution >= 0.6 is 39.9 Å². The SMILES string of the molecule is CSc1cccc(Oc2ccc(Br)c(F)c2)c1C(N)=S. The fourth-order valence-corrected chi connectivity index (χ4v) is 2.83. The van der Waals surface area contributed by atoms with E-state index in [-0.39, 0.29) is 10.8 Å². The minimum Gasteiger partial charge on any atom is -0.456 e. The number of halogens is 2. The first-order valence-corrected chi connectivity index (χ1v) is 8.05. The number of benzene rings is 2. The van der Waals surface area contributed by atoms with E-state index in [1.54, 1.807) is 18.2 Å². The summed E-state index contributed by atoms with van der Waals surface area (Å²) in [5.74, 6) is 0.521. The summed E-state index contributed by atoms with van der Waals surface area (Å²) in [5.41, 5.74) is 6.42. The van der Waals surface area contributed by atoms with E-state index in [1.165, 1.54) is 17.8 Å². The van der Waals surface area contributed by atoms with Gasteiger partial charge in [-0.3, -0.25) is 0 Å². The Balaban J connectivity index is 2.42. The molecule has 6 heteroatoms. The van der Waals surface area contributed by atoms with Gasteiger partial charge in [0.25, 0.3) is 0 Å². The molecule has 0 saturated carbocycles. The molecule has 2 nitrogen and oxygen atoms in total. The Morgan fingerprint density at radius 3 is 2.70 bits per heavy atom. The summed E-state index contributed by atoms with van der Waals surface area (Å²) in [6, 6.07) is 10.1. The van der Waals surface area contributed by atoms with Crippen LogP contribution in [0.25, 0.3) is 0 Å². The Bertz CT molecular complexity index is 664. The summed E-state index contributed by atoms with van der Waals surface area (Å²) < 4.78 is 19.6. The molecule has 2 aromatic carbocycles. The average Bonchev–Trinajstić information content (AvgIpc) is 2.42. The van der Waals surface area contributed by atoms with Crippen molar-refractivity contribution in [3.8, 4) is 11.5 Å². The van der Waals surface area contributed by atoms with Crippen LogP contribution in [0.3, 0.4) is 0 Å². The van der Waals surface area contributed by atoms with Crippen LogP contribution in [0.1, 0.15) is 5.56 Å². The largest absolute Gasteiger partial charge is 0.456 e. The molecule has 0 bridgehead atoms. The number of nitrogens with two attached hydrogens (primary N) is 1. The Morgan fingerprint density at radius 1 is 1.35 bits per heavy atom. The summed E-state index contributed by atoms with van der Waals surface area (Å²) in [5, 5.41) is 0. The molecular weight excluding hydrogens is 361 g/mol. The molecule has 0 radical (unpaired) electrons. The van der Waals surface area contributed by atoms with Gasteiger partial charge in [-0.15, -0.1) is 11.8 Å². The second kappa shape index (κ2) is 6.56. The van der Waals surface area contributed by atoms with Crippen molar-refractivity contribution >= 4 is 44.9 Å². The molecule has 2 aromatic rings. The second-order valence-corrected chi connectivity index (χ2v) is 6.02. The molecule has 0 aromatic heterocycles. The van der Waals surface area contributed by atoms with Crippen molar-refractivity contribution in [1.82, 2.24) is 0 Å². The molecule has 0 amide bonds. The maximum absolute atomic E-state index is 13.5. The van der Waals surface area contributed by atoms with Crippen molar-refractivity contribution in [3.05, 3.63) is 52.3 Å². The lowest BCUT2D eigenvalue weighted by molar-refractivity contribution is 0.474. The van der Waals surface area contributed by atoms with Gasteiger partial charge in [0.05, 0.1) is 10.0 Å². The highest BCUT2D eigenvalue weighted by Gasteiger charge is 2.13. The van der Waals surface area contributed by atoms with Gasteiger partial charge in [0, 0.05) is 11.0 Å². The molecule has 0 aliphatic rings. The van der Waals surface area contributed by atoms with Gasteiger partial charge < -0.3 is 10.5 Å². The third-order valence-electron chi connectivity index (χ3n) is 2.57. The number of thiocarbonyl (C=S) groups is 1. The summed E-state index contributed by atoms with van der Waals surface area (Å²) in [7, 11) is 0. The zero-order valence-electron chi connectivity index (χ0n) is 10.5. The highest BCUT2D eigenvalue weighted by molar-refractivity contribution is 9.10. The zero-order valence-corrected chi connectivity index (χ0v) is 13.7. The Hall–Kier alpha value is -1.11. The fraction of sp³-hybridized carbons (Fsp3) is 0.0714. The standard InChI is InChI=1S/C14H11BrFNOS2/c1-20-12-4-2-3-11(13(12)14(17)19)18-8-5-6-9(15)10(16)7-8/h2-7H,1H3,(H2,17,19). The van der Waals surface area contributed by atoms with Crippen LogP contribution in [0.2, 0.25) is 0 Å². The van der Waals surface area contributed by atoms with Gasteiger partial charge in [0.2, 0.25) is 0 Å². The molecular formula is C14H11BrFNOS2. The summed E-state index contributed by atoms with van der Waals surface area (Å²) in [4.78, 5) is 1.18. The van der Waals surface area contributed by atoms with Crippen molar-refractivity contribution < 1.29 is 9.13 Å². The topological polar surface area (TPSA) is 35.2 Å². The highest BCUT2D eigenvalue weighted by Crippen LogP contribution is 2.33. The van der Waals surface area contributed by atoms with E-state index in [0.717, 1.165) is 4.90 Å². The normalized spacial score (nSPS) is 10.3. The van der Waals surface area contributed by atoms with Gasteiger partial charge in [-0.2, -0.15) is 0 Å². The molecule has 2 N–H and O–H groups in total. The van der Waals surface area contributed by atoms with E-state index < -0.39 is 0 Å². The van der Waals surface area contributed by atoms with Crippen LogP contribution in [0.4, 0.5) is 4.39 Å². The number of hydrogen-bond donors (Lipinski definition) is 1. The van der Waals surface area contributed by atoms with Crippen LogP contribution in [-0.4, -0.2) is 11.2 Å². The quantitative estimate of drug-likeness (QED) is 0.621. The van der Waals surface area contributed by atoms with E-state index in [9.17, 15) is 4.39 Å².